The van der Waals surface area contributed by atoms with Crippen LogP contribution >= 0.6 is 0 Å². The SMILES string of the molecule is N#Cc1ccc(Nc2cc(N)ccc2C(N)=O)cc1C#N. The van der Waals surface area contributed by atoms with Crippen LogP contribution in [-0.2, 0) is 0 Å². The average Bonchev–Trinajstić information content (AvgIpc) is 2.46. The first-order valence-electron chi connectivity index (χ1n) is 5.95. The minimum atomic E-state index is -0.591. The van der Waals surface area contributed by atoms with E-state index >= 15 is 0 Å². The Hall–Kier alpha value is -3.51. The molecule has 2 aromatic carbocycles. The Morgan fingerprint density at radius 3 is 2.38 bits per heavy atom. The van der Waals surface area contributed by atoms with Gasteiger partial charge in [-0.25, -0.2) is 0 Å². The van der Waals surface area contributed by atoms with Crippen molar-refractivity contribution in [3.63, 3.8) is 0 Å². The van der Waals surface area contributed by atoms with Gasteiger partial charge in [0.1, 0.15) is 12.1 Å². The van der Waals surface area contributed by atoms with Crippen molar-refractivity contribution in [3.05, 3.63) is 53.1 Å². The van der Waals surface area contributed by atoms with Crippen LogP contribution in [0.1, 0.15) is 21.5 Å². The first-order valence-corrected chi connectivity index (χ1v) is 5.95. The first kappa shape index (κ1) is 13.9. The second kappa shape index (κ2) is 5.64. The van der Waals surface area contributed by atoms with E-state index in [9.17, 15) is 4.79 Å². The minimum Gasteiger partial charge on any atom is -0.399 e. The smallest absolute Gasteiger partial charge is 0.250 e. The number of nitrogen functional groups attached to an aromatic ring is 1. The maximum absolute atomic E-state index is 11.4. The Kier molecular flexibility index (Phi) is 3.74. The zero-order valence-electron chi connectivity index (χ0n) is 10.9. The van der Waals surface area contributed by atoms with Gasteiger partial charge in [0.25, 0.3) is 5.91 Å². The number of amides is 1. The molecule has 0 heterocycles. The summed E-state index contributed by atoms with van der Waals surface area (Å²) in [4.78, 5) is 11.4. The van der Waals surface area contributed by atoms with E-state index in [1.54, 1.807) is 18.2 Å². The topological polar surface area (TPSA) is 129 Å². The predicted octanol–water partition coefficient (Wildman–Crippen LogP) is 1.85. The molecule has 102 valence electrons. The number of nitrogens with zero attached hydrogens (tertiary/aromatic N) is 2. The molecule has 0 spiro atoms. The van der Waals surface area contributed by atoms with Crippen LogP contribution in [0, 0.1) is 22.7 Å². The van der Waals surface area contributed by atoms with E-state index in [4.69, 9.17) is 22.0 Å². The standard InChI is InChI=1S/C15H11N5O/c16-7-9-1-3-12(5-10(9)8-17)20-14-6-11(18)2-4-13(14)15(19)21/h1-6,20H,18H2,(H2,19,21). The van der Waals surface area contributed by atoms with Crippen LogP contribution in [-0.4, -0.2) is 5.91 Å². The molecule has 6 nitrogen and oxygen atoms in total. The summed E-state index contributed by atoms with van der Waals surface area (Å²) in [6.45, 7) is 0. The number of nitrogens with two attached hydrogens (primary N) is 2. The fraction of sp³-hybridized carbons (Fsp3) is 0. The van der Waals surface area contributed by atoms with Gasteiger partial charge in [-0.2, -0.15) is 10.5 Å². The summed E-state index contributed by atoms with van der Waals surface area (Å²) < 4.78 is 0. The molecule has 0 aliphatic heterocycles. The van der Waals surface area contributed by atoms with E-state index in [2.05, 4.69) is 5.32 Å². The normalized spacial score (nSPS) is 9.43. The van der Waals surface area contributed by atoms with Crippen molar-refractivity contribution < 1.29 is 4.79 Å². The summed E-state index contributed by atoms with van der Waals surface area (Å²) >= 11 is 0. The number of carbonyl (C=O) groups is 1. The summed E-state index contributed by atoms with van der Waals surface area (Å²) in [5.41, 5.74) is 13.3. The van der Waals surface area contributed by atoms with Crippen molar-refractivity contribution in [2.75, 3.05) is 11.1 Å². The van der Waals surface area contributed by atoms with Crippen molar-refractivity contribution in [2.45, 2.75) is 0 Å². The molecule has 0 aliphatic carbocycles. The number of primary amides is 1. The third-order valence-corrected chi connectivity index (χ3v) is 2.85. The molecule has 6 heteroatoms. The van der Waals surface area contributed by atoms with Crippen molar-refractivity contribution in [1.82, 2.24) is 0 Å². The number of hydrogen-bond donors (Lipinski definition) is 3. The van der Waals surface area contributed by atoms with Crippen LogP contribution in [0.25, 0.3) is 0 Å². The highest BCUT2D eigenvalue weighted by Gasteiger charge is 2.10. The minimum absolute atomic E-state index is 0.243. The van der Waals surface area contributed by atoms with E-state index in [0.29, 0.717) is 17.1 Å². The molecule has 21 heavy (non-hydrogen) atoms. The zero-order valence-corrected chi connectivity index (χ0v) is 10.9. The molecule has 0 unspecified atom stereocenters. The Bertz CT molecular complexity index is 799. The molecular formula is C15H11N5O. The van der Waals surface area contributed by atoms with Gasteiger partial charge in [-0.1, -0.05) is 0 Å². The van der Waals surface area contributed by atoms with Gasteiger partial charge >= 0.3 is 0 Å². The lowest BCUT2D eigenvalue weighted by atomic mass is 10.1. The molecule has 0 aromatic heterocycles. The number of anilines is 3. The molecule has 0 bridgehead atoms. The molecule has 2 rings (SSSR count). The zero-order chi connectivity index (χ0) is 15.4. The van der Waals surface area contributed by atoms with Crippen molar-refractivity contribution in [2.24, 2.45) is 5.73 Å². The summed E-state index contributed by atoms with van der Waals surface area (Å²) in [7, 11) is 0. The summed E-state index contributed by atoms with van der Waals surface area (Å²) in [5.74, 6) is -0.591. The molecule has 0 radical (unpaired) electrons. The third kappa shape index (κ3) is 2.91. The van der Waals surface area contributed by atoms with Crippen molar-refractivity contribution in [1.29, 1.82) is 10.5 Å². The lowest BCUT2D eigenvalue weighted by Crippen LogP contribution is -2.13. The highest BCUT2D eigenvalue weighted by molar-refractivity contribution is 5.99. The number of nitriles is 2. The third-order valence-electron chi connectivity index (χ3n) is 2.85. The van der Waals surface area contributed by atoms with Gasteiger partial charge in [0.15, 0.2) is 0 Å². The van der Waals surface area contributed by atoms with Crippen LogP contribution in [0.3, 0.4) is 0 Å². The fourth-order valence-corrected chi connectivity index (χ4v) is 1.85. The fourth-order valence-electron chi connectivity index (χ4n) is 1.85. The number of benzene rings is 2. The Morgan fingerprint density at radius 2 is 1.76 bits per heavy atom. The van der Waals surface area contributed by atoms with E-state index in [1.165, 1.54) is 18.2 Å². The van der Waals surface area contributed by atoms with E-state index in [-0.39, 0.29) is 16.7 Å². The molecule has 1 amide bonds. The van der Waals surface area contributed by atoms with Crippen molar-refractivity contribution in [3.8, 4) is 12.1 Å². The summed E-state index contributed by atoms with van der Waals surface area (Å²) in [6.07, 6.45) is 0. The van der Waals surface area contributed by atoms with Crippen molar-refractivity contribution >= 4 is 23.0 Å². The number of hydrogen-bond acceptors (Lipinski definition) is 5. The first-order chi connectivity index (χ1) is 10.0. The van der Waals surface area contributed by atoms with Gasteiger partial charge < -0.3 is 16.8 Å². The molecule has 0 atom stereocenters. The maximum atomic E-state index is 11.4. The Balaban J connectivity index is 2.44. The molecular weight excluding hydrogens is 266 g/mol. The van der Waals surface area contributed by atoms with Gasteiger partial charge in [0.2, 0.25) is 0 Å². The second-order valence-electron chi connectivity index (χ2n) is 4.28. The van der Waals surface area contributed by atoms with Gasteiger partial charge in [-0.05, 0) is 36.4 Å². The predicted molar refractivity (Wildman–Crippen MR) is 78.5 cm³/mol. The molecule has 0 aliphatic rings. The summed E-state index contributed by atoms with van der Waals surface area (Å²) in [5, 5.41) is 20.9. The van der Waals surface area contributed by atoms with Gasteiger partial charge in [0, 0.05) is 11.4 Å². The number of nitrogens with one attached hydrogen (secondary N) is 1. The lowest BCUT2D eigenvalue weighted by molar-refractivity contribution is 0.100. The largest absolute Gasteiger partial charge is 0.399 e. The number of rotatable bonds is 3. The van der Waals surface area contributed by atoms with E-state index in [0.717, 1.165) is 0 Å². The highest BCUT2D eigenvalue weighted by Crippen LogP contribution is 2.24. The van der Waals surface area contributed by atoms with E-state index in [1.807, 2.05) is 12.1 Å². The molecule has 2 aromatic rings. The van der Waals surface area contributed by atoms with E-state index < -0.39 is 5.91 Å². The monoisotopic (exact) mass is 277 g/mol. The molecule has 0 saturated heterocycles. The molecule has 5 N–H and O–H groups in total. The lowest BCUT2D eigenvalue weighted by Gasteiger charge is -2.11. The summed E-state index contributed by atoms with van der Waals surface area (Å²) in [6, 6.07) is 13.2. The van der Waals surface area contributed by atoms with Crippen LogP contribution in [0.2, 0.25) is 0 Å². The van der Waals surface area contributed by atoms with Crippen LogP contribution in [0.5, 0.6) is 0 Å². The van der Waals surface area contributed by atoms with Gasteiger partial charge in [-0.15, -0.1) is 0 Å². The van der Waals surface area contributed by atoms with Crippen LogP contribution in [0.4, 0.5) is 17.1 Å². The molecule has 0 fully saturated rings. The Morgan fingerprint density at radius 1 is 1.05 bits per heavy atom. The Labute approximate surface area is 121 Å². The highest BCUT2D eigenvalue weighted by atomic mass is 16.1. The van der Waals surface area contributed by atoms with Crippen LogP contribution in [0.15, 0.2) is 36.4 Å². The molecule has 0 saturated carbocycles. The average molecular weight is 277 g/mol. The van der Waals surface area contributed by atoms with Gasteiger partial charge in [-0.3, -0.25) is 4.79 Å². The number of carbonyl (C=O) groups excluding carboxylic acids is 1. The van der Waals surface area contributed by atoms with Crippen LogP contribution < -0.4 is 16.8 Å². The quantitative estimate of drug-likeness (QED) is 0.737. The maximum Gasteiger partial charge on any atom is 0.250 e. The van der Waals surface area contributed by atoms with Gasteiger partial charge in [0.05, 0.1) is 22.4 Å². The second-order valence-corrected chi connectivity index (χ2v) is 4.28.